The van der Waals surface area contributed by atoms with Crippen LogP contribution >= 0.6 is 15.9 Å². The number of nitrogens with zero attached hydrogens (tertiary/aromatic N) is 1. The largest absolute Gasteiger partial charge is 0.472 e. The summed E-state index contributed by atoms with van der Waals surface area (Å²) in [6.07, 6.45) is 1.77. The minimum absolute atomic E-state index is 0.527. The summed E-state index contributed by atoms with van der Waals surface area (Å²) in [5, 5.41) is 2.15. The van der Waals surface area contributed by atoms with E-state index in [0.29, 0.717) is 12.5 Å². The van der Waals surface area contributed by atoms with Crippen molar-refractivity contribution in [3.63, 3.8) is 0 Å². The lowest BCUT2D eigenvalue weighted by molar-refractivity contribution is 0.298. The molecule has 3 heteroatoms. The Morgan fingerprint density at radius 1 is 1.00 bits per heavy atom. The quantitative estimate of drug-likeness (QED) is 0.706. The van der Waals surface area contributed by atoms with Crippen LogP contribution in [0.3, 0.4) is 0 Å². The minimum Gasteiger partial charge on any atom is -0.472 e. The van der Waals surface area contributed by atoms with Crippen molar-refractivity contribution in [2.45, 2.75) is 6.61 Å². The molecule has 0 N–H and O–H groups in total. The third kappa shape index (κ3) is 2.76. The highest BCUT2D eigenvalue weighted by atomic mass is 79.9. The number of rotatable bonds is 3. The SMILES string of the molecule is Brc1ccc2ccnc(OCc3ccccc3)c2c1. The van der Waals surface area contributed by atoms with E-state index in [9.17, 15) is 0 Å². The van der Waals surface area contributed by atoms with Crippen LogP contribution in [0.2, 0.25) is 0 Å². The number of hydrogen-bond donors (Lipinski definition) is 0. The first kappa shape index (κ1) is 12.2. The van der Waals surface area contributed by atoms with Crippen molar-refractivity contribution in [1.29, 1.82) is 0 Å². The van der Waals surface area contributed by atoms with Crippen molar-refractivity contribution >= 4 is 26.7 Å². The molecular weight excluding hydrogens is 302 g/mol. The molecule has 3 rings (SSSR count). The van der Waals surface area contributed by atoms with E-state index >= 15 is 0 Å². The summed E-state index contributed by atoms with van der Waals surface area (Å²) in [5.41, 5.74) is 1.14. The van der Waals surface area contributed by atoms with E-state index < -0.39 is 0 Å². The van der Waals surface area contributed by atoms with Crippen molar-refractivity contribution in [3.8, 4) is 5.88 Å². The van der Waals surface area contributed by atoms with Gasteiger partial charge in [-0.3, -0.25) is 0 Å². The number of halogens is 1. The zero-order chi connectivity index (χ0) is 13.1. The minimum atomic E-state index is 0.527. The molecule has 0 saturated carbocycles. The van der Waals surface area contributed by atoms with Crippen LogP contribution in [0.15, 0.2) is 65.3 Å². The highest BCUT2D eigenvalue weighted by molar-refractivity contribution is 9.10. The van der Waals surface area contributed by atoms with Gasteiger partial charge in [-0.1, -0.05) is 52.3 Å². The van der Waals surface area contributed by atoms with Crippen molar-refractivity contribution in [1.82, 2.24) is 4.98 Å². The molecule has 0 atom stereocenters. The summed E-state index contributed by atoms with van der Waals surface area (Å²) < 4.78 is 6.85. The lowest BCUT2D eigenvalue weighted by Crippen LogP contribution is -1.97. The Balaban J connectivity index is 1.90. The average Bonchev–Trinajstić information content (AvgIpc) is 2.46. The molecule has 0 amide bonds. The van der Waals surface area contributed by atoms with Gasteiger partial charge in [0.2, 0.25) is 5.88 Å². The maximum absolute atomic E-state index is 5.83. The van der Waals surface area contributed by atoms with E-state index in [4.69, 9.17) is 4.74 Å². The number of aromatic nitrogens is 1. The molecule has 0 radical (unpaired) electrons. The molecule has 1 aromatic heterocycles. The molecule has 2 nitrogen and oxygen atoms in total. The van der Waals surface area contributed by atoms with Crippen LogP contribution in [0.4, 0.5) is 0 Å². The predicted molar refractivity (Wildman–Crippen MR) is 80.2 cm³/mol. The third-order valence-electron chi connectivity index (χ3n) is 2.91. The fourth-order valence-electron chi connectivity index (χ4n) is 1.95. The van der Waals surface area contributed by atoms with Gasteiger partial charge >= 0.3 is 0 Å². The topological polar surface area (TPSA) is 22.1 Å². The van der Waals surface area contributed by atoms with Gasteiger partial charge in [0.1, 0.15) is 6.61 Å². The Morgan fingerprint density at radius 2 is 1.84 bits per heavy atom. The molecule has 0 aliphatic heterocycles. The smallest absolute Gasteiger partial charge is 0.221 e. The molecule has 0 spiro atoms. The summed E-state index contributed by atoms with van der Waals surface area (Å²) in [7, 11) is 0. The summed E-state index contributed by atoms with van der Waals surface area (Å²) in [6.45, 7) is 0.527. The first-order valence-electron chi connectivity index (χ1n) is 6.04. The summed E-state index contributed by atoms with van der Waals surface area (Å²) in [5.74, 6) is 0.669. The second kappa shape index (κ2) is 5.41. The predicted octanol–water partition coefficient (Wildman–Crippen LogP) is 4.58. The fourth-order valence-corrected chi connectivity index (χ4v) is 2.32. The lowest BCUT2D eigenvalue weighted by atomic mass is 10.2. The number of ether oxygens (including phenoxy) is 1. The van der Waals surface area contributed by atoms with E-state index in [1.54, 1.807) is 6.20 Å². The number of hydrogen-bond acceptors (Lipinski definition) is 2. The van der Waals surface area contributed by atoms with Crippen LogP contribution in [0.1, 0.15) is 5.56 Å². The molecule has 0 unspecified atom stereocenters. The molecule has 94 valence electrons. The zero-order valence-electron chi connectivity index (χ0n) is 10.2. The maximum Gasteiger partial charge on any atom is 0.221 e. The monoisotopic (exact) mass is 313 g/mol. The number of fused-ring (bicyclic) bond motifs is 1. The van der Waals surface area contributed by atoms with E-state index in [1.165, 1.54) is 0 Å². The molecule has 0 fully saturated rings. The van der Waals surface area contributed by atoms with Gasteiger partial charge in [-0.2, -0.15) is 0 Å². The first-order chi connectivity index (χ1) is 9.33. The van der Waals surface area contributed by atoms with Gasteiger partial charge in [-0.05, 0) is 29.1 Å². The maximum atomic E-state index is 5.83. The van der Waals surface area contributed by atoms with E-state index in [1.807, 2.05) is 48.5 Å². The second-order valence-electron chi connectivity index (χ2n) is 4.26. The number of benzene rings is 2. The van der Waals surface area contributed by atoms with E-state index in [-0.39, 0.29) is 0 Å². The molecule has 3 aromatic rings. The molecule has 0 aliphatic carbocycles. The van der Waals surface area contributed by atoms with Gasteiger partial charge in [-0.15, -0.1) is 0 Å². The van der Waals surface area contributed by atoms with Crippen molar-refractivity contribution in [2.24, 2.45) is 0 Å². The third-order valence-corrected chi connectivity index (χ3v) is 3.40. The van der Waals surface area contributed by atoms with Gasteiger partial charge in [0.25, 0.3) is 0 Å². The van der Waals surface area contributed by atoms with Crippen LogP contribution in [-0.2, 0) is 6.61 Å². The fraction of sp³-hybridized carbons (Fsp3) is 0.0625. The molecule has 2 aromatic carbocycles. The summed E-state index contributed by atoms with van der Waals surface area (Å²) in [6, 6.07) is 18.2. The normalized spacial score (nSPS) is 10.6. The standard InChI is InChI=1S/C16H12BrNO/c17-14-7-6-13-8-9-18-16(15(13)10-14)19-11-12-4-2-1-3-5-12/h1-10H,11H2. The number of pyridine rings is 1. The van der Waals surface area contributed by atoms with Crippen LogP contribution in [0, 0.1) is 0 Å². The molecule has 0 aliphatic rings. The lowest BCUT2D eigenvalue weighted by Gasteiger charge is -2.08. The van der Waals surface area contributed by atoms with Gasteiger partial charge in [0.15, 0.2) is 0 Å². The Hall–Kier alpha value is -1.87. The Kier molecular flexibility index (Phi) is 3.47. The van der Waals surface area contributed by atoms with Crippen LogP contribution < -0.4 is 4.74 Å². The van der Waals surface area contributed by atoms with Crippen LogP contribution in [0.5, 0.6) is 5.88 Å². The Morgan fingerprint density at radius 3 is 2.68 bits per heavy atom. The van der Waals surface area contributed by atoms with Gasteiger partial charge < -0.3 is 4.74 Å². The molecule has 0 bridgehead atoms. The van der Waals surface area contributed by atoms with Crippen LogP contribution in [0.25, 0.3) is 10.8 Å². The van der Waals surface area contributed by atoms with Crippen molar-refractivity contribution in [2.75, 3.05) is 0 Å². The van der Waals surface area contributed by atoms with Crippen LogP contribution in [-0.4, -0.2) is 4.98 Å². The van der Waals surface area contributed by atoms with Gasteiger partial charge in [0, 0.05) is 16.1 Å². The Labute approximate surface area is 120 Å². The molecule has 19 heavy (non-hydrogen) atoms. The molecule has 0 saturated heterocycles. The highest BCUT2D eigenvalue weighted by Gasteiger charge is 2.04. The molecule has 1 heterocycles. The average molecular weight is 314 g/mol. The second-order valence-corrected chi connectivity index (χ2v) is 5.17. The Bertz CT molecular complexity index is 697. The summed E-state index contributed by atoms with van der Waals surface area (Å²) in [4.78, 5) is 4.32. The van der Waals surface area contributed by atoms with E-state index in [2.05, 4.69) is 27.0 Å². The molecular formula is C16H12BrNO. The highest BCUT2D eigenvalue weighted by Crippen LogP contribution is 2.26. The summed E-state index contributed by atoms with van der Waals surface area (Å²) >= 11 is 3.48. The zero-order valence-corrected chi connectivity index (χ0v) is 11.8. The first-order valence-corrected chi connectivity index (χ1v) is 6.83. The van der Waals surface area contributed by atoms with Crippen molar-refractivity contribution < 1.29 is 4.74 Å². The van der Waals surface area contributed by atoms with E-state index in [0.717, 1.165) is 20.8 Å². The van der Waals surface area contributed by atoms with Gasteiger partial charge in [-0.25, -0.2) is 4.98 Å². The van der Waals surface area contributed by atoms with Gasteiger partial charge in [0.05, 0.1) is 0 Å². The van der Waals surface area contributed by atoms with Crippen molar-refractivity contribution in [3.05, 3.63) is 70.8 Å².